The second-order valence-corrected chi connectivity index (χ2v) is 2.63. The minimum Gasteiger partial charge on any atom is -0.192 e. The highest BCUT2D eigenvalue weighted by atomic mass is 14.2. The number of aryl methyl sites for hydroxylation is 1. The molecular formula is C11H11N. The molecule has 12 heavy (non-hydrogen) atoms. The molecule has 0 amide bonds. The quantitative estimate of drug-likeness (QED) is 0.647. The largest absolute Gasteiger partial charge is 0.192 e. The molecule has 0 unspecified atom stereocenters. The third-order valence-electron chi connectivity index (χ3n) is 1.79. The summed E-state index contributed by atoms with van der Waals surface area (Å²) in [6.07, 6.45) is 2.72. The summed E-state index contributed by atoms with van der Waals surface area (Å²) in [7, 11) is 0. The molecule has 0 spiro atoms. The van der Waals surface area contributed by atoms with Crippen LogP contribution >= 0.6 is 0 Å². The van der Waals surface area contributed by atoms with E-state index in [1.165, 1.54) is 5.56 Å². The molecule has 0 bridgehead atoms. The summed E-state index contributed by atoms with van der Waals surface area (Å²) in [6, 6.07) is 7.93. The van der Waals surface area contributed by atoms with E-state index < -0.39 is 0 Å². The van der Waals surface area contributed by atoms with E-state index in [-0.39, 0.29) is 0 Å². The van der Waals surface area contributed by atoms with Crippen molar-refractivity contribution in [3.63, 3.8) is 0 Å². The van der Waals surface area contributed by atoms with Crippen molar-refractivity contribution in [3.05, 3.63) is 41.5 Å². The van der Waals surface area contributed by atoms with Gasteiger partial charge < -0.3 is 0 Å². The fourth-order valence-corrected chi connectivity index (χ4v) is 1.10. The summed E-state index contributed by atoms with van der Waals surface area (Å²) in [6.45, 7) is 5.75. The molecule has 1 aromatic rings. The average molecular weight is 157 g/mol. The molecule has 1 heteroatoms. The SMILES string of the molecule is C=Cc1cc(C#N)cc(CC)c1. The van der Waals surface area contributed by atoms with Crippen molar-refractivity contribution in [2.45, 2.75) is 13.3 Å². The lowest BCUT2D eigenvalue weighted by Crippen LogP contribution is -1.84. The first-order valence-electron chi connectivity index (χ1n) is 3.96. The van der Waals surface area contributed by atoms with Crippen LogP contribution in [0.1, 0.15) is 23.6 Å². The van der Waals surface area contributed by atoms with Crippen molar-refractivity contribution >= 4 is 6.08 Å². The zero-order chi connectivity index (χ0) is 8.97. The van der Waals surface area contributed by atoms with Crippen LogP contribution in [0.3, 0.4) is 0 Å². The number of hydrogen-bond acceptors (Lipinski definition) is 1. The molecule has 0 saturated carbocycles. The van der Waals surface area contributed by atoms with Gasteiger partial charge >= 0.3 is 0 Å². The van der Waals surface area contributed by atoms with Crippen molar-refractivity contribution < 1.29 is 0 Å². The van der Waals surface area contributed by atoms with E-state index in [0.717, 1.165) is 12.0 Å². The normalized spacial score (nSPS) is 9.00. The Morgan fingerprint density at radius 3 is 2.75 bits per heavy atom. The molecule has 0 radical (unpaired) electrons. The molecule has 0 fully saturated rings. The predicted octanol–water partition coefficient (Wildman–Crippen LogP) is 2.76. The molecule has 0 N–H and O–H groups in total. The van der Waals surface area contributed by atoms with E-state index >= 15 is 0 Å². The third-order valence-corrected chi connectivity index (χ3v) is 1.79. The zero-order valence-corrected chi connectivity index (χ0v) is 7.17. The summed E-state index contributed by atoms with van der Waals surface area (Å²) >= 11 is 0. The molecule has 0 aliphatic rings. The molecule has 0 atom stereocenters. The lowest BCUT2D eigenvalue weighted by Gasteiger charge is -1.99. The van der Waals surface area contributed by atoms with Crippen LogP contribution in [0.5, 0.6) is 0 Å². The van der Waals surface area contributed by atoms with E-state index in [9.17, 15) is 0 Å². The zero-order valence-electron chi connectivity index (χ0n) is 7.17. The lowest BCUT2D eigenvalue weighted by molar-refractivity contribution is 1.13. The number of rotatable bonds is 2. The van der Waals surface area contributed by atoms with Gasteiger partial charge in [0.1, 0.15) is 0 Å². The van der Waals surface area contributed by atoms with Gasteiger partial charge in [0.2, 0.25) is 0 Å². The van der Waals surface area contributed by atoms with Crippen molar-refractivity contribution in [2.24, 2.45) is 0 Å². The highest BCUT2D eigenvalue weighted by Gasteiger charge is 1.95. The van der Waals surface area contributed by atoms with Gasteiger partial charge in [-0.1, -0.05) is 25.6 Å². The van der Waals surface area contributed by atoms with Crippen LogP contribution in [-0.2, 0) is 6.42 Å². The standard InChI is InChI=1S/C11H11N/c1-3-9-5-10(4-2)7-11(6-9)8-12/h3,5-7H,1,4H2,2H3. The minimum absolute atomic E-state index is 0.712. The number of hydrogen-bond donors (Lipinski definition) is 0. The van der Waals surface area contributed by atoms with Crippen molar-refractivity contribution in [2.75, 3.05) is 0 Å². The van der Waals surface area contributed by atoms with Gasteiger partial charge in [0.05, 0.1) is 11.6 Å². The van der Waals surface area contributed by atoms with E-state index in [4.69, 9.17) is 5.26 Å². The molecule has 0 aromatic heterocycles. The second kappa shape index (κ2) is 3.73. The van der Waals surface area contributed by atoms with Crippen LogP contribution in [0.15, 0.2) is 24.8 Å². The summed E-state index contributed by atoms with van der Waals surface area (Å²) in [4.78, 5) is 0. The fourth-order valence-electron chi connectivity index (χ4n) is 1.10. The van der Waals surface area contributed by atoms with Crippen LogP contribution in [0.25, 0.3) is 6.08 Å². The van der Waals surface area contributed by atoms with Gasteiger partial charge in [0, 0.05) is 0 Å². The first-order chi connectivity index (χ1) is 5.80. The van der Waals surface area contributed by atoms with E-state index in [1.807, 2.05) is 18.2 Å². The third kappa shape index (κ3) is 1.73. The van der Waals surface area contributed by atoms with Crippen LogP contribution < -0.4 is 0 Å². The number of nitriles is 1. The van der Waals surface area contributed by atoms with Gasteiger partial charge in [-0.2, -0.15) is 5.26 Å². The van der Waals surface area contributed by atoms with E-state index in [1.54, 1.807) is 6.08 Å². The Morgan fingerprint density at radius 2 is 2.25 bits per heavy atom. The average Bonchev–Trinajstić information content (AvgIpc) is 2.16. The van der Waals surface area contributed by atoms with Gasteiger partial charge in [-0.25, -0.2) is 0 Å². The molecule has 60 valence electrons. The van der Waals surface area contributed by atoms with Gasteiger partial charge in [0.25, 0.3) is 0 Å². The van der Waals surface area contributed by atoms with Crippen LogP contribution in [-0.4, -0.2) is 0 Å². The maximum absolute atomic E-state index is 8.69. The molecular weight excluding hydrogens is 146 g/mol. The topological polar surface area (TPSA) is 23.8 Å². The maximum atomic E-state index is 8.69. The highest BCUT2D eigenvalue weighted by Crippen LogP contribution is 2.11. The Morgan fingerprint density at radius 1 is 1.50 bits per heavy atom. The first-order valence-corrected chi connectivity index (χ1v) is 3.96. The minimum atomic E-state index is 0.712. The summed E-state index contributed by atoms with van der Waals surface area (Å²) < 4.78 is 0. The van der Waals surface area contributed by atoms with Gasteiger partial charge in [-0.15, -0.1) is 0 Å². The molecule has 1 rings (SSSR count). The fraction of sp³-hybridized carbons (Fsp3) is 0.182. The summed E-state index contributed by atoms with van der Waals surface area (Å²) in [5.74, 6) is 0. The Kier molecular flexibility index (Phi) is 2.66. The maximum Gasteiger partial charge on any atom is 0.0991 e. The molecule has 0 aliphatic carbocycles. The van der Waals surface area contributed by atoms with Crippen LogP contribution in [0, 0.1) is 11.3 Å². The lowest BCUT2D eigenvalue weighted by atomic mass is 10.0. The van der Waals surface area contributed by atoms with Crippen molar-refractivity contribution in [1.82, 2.24) is 0 Å². The molecule has 0 heterocycles. The number of benzene rings is 1. The number of nitrogens with zero attached hydrogens (tertiary/aromatic N) is 1. The van der Waals surface area contributed by atoms with Crippen LogP contribution in [0.4, 0.5) is 0 Å². The Labute approximate surface area is 73.0 Å². The molecule has 1 nitrogen and oxygen atoms in total. The second-order valence-electron chi connectivity index (χ2n) is 2.63. The van der Waals surface area contributed by atoms with E-state index in [2.05, 4.69) is 19.6 Å². The summed E-state index contributed by atoms with van der Waals surface area (Å²) in [5.41, 5.74) is 2.92. The Bertz CT molecular complexity index is 331. The first kappa shape index (κ1) is 8.55. The molecule has 0 aliphatic heterocycles. The van der Waals surface area contributed by atoms with Crippen molar-refractivity contribution in [1.29, 1.82) is 5.26 Å². The monoisotopic (exact) mass is 157 g/mol. The van der Waals surface area contributed by atoms with Crippen molar-refractivity contribution in [3.8, 4) is 6.07 Å². The van der Waals surface area contributed by atoms with Crippen LogP contribution in [0.2, 0.25) is 0 Å². The van der Waals surface area contributed by atoms with Gasteiger partial charge in [-0.05, 0) is 29.7 Å². The Hall–Kier alpha value is -1.55. The smallest absolute Gasteiger partial charge is 0.0991 e. The van der Waals surface area contributed by atoms with Gasteiger partial charge in [0.15, 0.2) is 0 Å². The predicted molar refractivity (Wildman–Crippen MR) is 50.6 cm³/mol. The highest BCUT2D eigenvalue weighted by molar-refractivity contribution is 5.52. The van der Waals surface area contributed by atoms with E-state index in [0.29, 0.717) is 5.56 Å². The van der Waals surface area contributed by atoms with Gasteiger partial charge in [-0.3, -0.25) is 0 Å². The molecule has 1 aromatic carbocycles. The molecule has 0 saturated heterocycles. The Balaban J connectivity index is 3.21. The summed E-state index contributed by atoms with van der Waals surface area (Å²) in [5, 5.41) is 8.69.